The minimum Gasteiger partial charge on any atom is -0.460 e. The van der Waals surface area contributed by atoms with Gasteiger partial charge < -0.3 is 20.5 Å². The van der Waals surface area contributed by atoms with Crippen LogP contribution >= 0.6 is 0 Å². The molecular weight excluding hydrogens is 311 g/mol. The molecular formula is C16H23BN2O5. The third-order valence-electron chi connectivity index (χ3n) is 3.29. The van der Waals surface area contributed by atoms with Crippen LogP contribution < -0.4 is 10.6 Å². The fraction of sp³-hybridized carbons (Fsp3) is 0.438. The molecule has 1 rings (SSSR count). The molecule has 0 bridgehead atoms. The largest absolute Gasteiger partial charge is 0.460 e. The van der Waals surface area contributed by atoms with Crippen molar-refractivity contribution in [1.82, 2.24) is 10.6 Å². The van der Waals surface area contributed by atoms with E-state index < -0.39 is 24.0 Å². The molecule has 0 aromatic heterocycles. The molecule has 7 nitrogen and oxygen atoms in total. The van der Waals surface area contributed by atoms with Gasteiger partial charge in [-0.25, -0.2) is 0 Å². The smallest absolute Gasteiger partial charge is 0.325 e. The minimum absolute atomic E-state index is 0.114. The number of esters is 1. The van der Waals surface area contributed by atoms with Crippen molar-refractivity contribution in [3.63, 3.8) is 0 Å². The predicted octanol–water partition coefficient (Wildman–Crippen LogP) is -0.282. The molecule has 0 aliphatic carbocycles. The summed E-state index contributed by atoms with van der Waals surface area (Å²) < 4.78 is 5.03. The van der Waals surface area contributed by atoms with Crippen LogP contribution in [0.1, 0.15) is 25.3 Å². The maximum atomic E-state index is 11.9. The Hall–Kier alpha value is -2.35. The lowest BCUT2D eigenvalue weighted by atomic mass is 10.0. The summed E-state index contributed by atoms with van der Waals surface area (Å²) in [4.78, 5) is 34.6. The zero-order valence-corrected chi connectivity index (χ0v) is 14.0. The Balaban J connectivity index is 2.39. The van der Waals surface area contributed by atoms with E-state index in [2.05, 4.69) is 10.6 Å². The van der Waals surface area contributed by atoms with E-state index in [-0.39, 0.29) is 19.0 Å². The third-order valence-corrected chi connectivity index (χ3v) is 3.29. The molecule has 0 aliphatic rings. The predicted molar refractivity (Wildman–Crippen MR) is 91.0 cm³/mol. The van der Waals surface area contributed by atoms with Crippen molar-refractivity contribution >= 4 is 25.5 Å². The van der Waals surface area contributed by atoms with Crippen LogP contribution in [0.5, 0.6) is 0 Å². The van der Waals surface area contributed by atoms with E-state index in [9.17, 15) is 19.5 Å². The van der Waals surface area contributed by atoms with Crippen molar-refractivity contribution in [2.75, 3.05) is 6.54 Å². The number of ether oxygens (including phenoxy) is 1. The number of amides is 2. The Kier molecular flexibility index (Phi) is 8.56. The van der Waals surface area contributed by atoms with E-state index >= 15 is 0 Å². The number of hydrogen-bond donors (Lipinski definition) is 3. The van der Waals surface area contributed by atoms with Crippen molar-refractivity contribution in [2.24, 2.45) is 0 Å². The average molecular weight is 334 g/mol. The Morgan fingerprint density at radius 3 is 2.50 bits per heavy atom. The molecule has 3 N–H and O–H groups in total. The summed E-state index contributed by atoms with van der Waals surface area (Å²) >= 11 is 0. The number of rotatable bonds is 9. The molecule has 2 amide bonds. The van der Waals surface area contributed by atoms with Gasteiger partial charge in [-0.2, -0.15) is 0 Å². The highest BCUT2D eigenvalue weighted by molar-refractivity contribution is 6.57. The molecule has 0 heterocycles. The number of carbonyl (C=O) groups excluding carboxylic acids is 3. The van der Waals surface area contributed by atoms with Gasteiger partial charge in [0.2, 0.25) is 7.85 Å². The van der Waals surface area contributed by atoms with Gasteiger partial charge in [-0.1, -0.05) is 43.7 Å². The van der Waals surface area contributed by atoms with E-state index in [0.717, 1.165) is 5.56 Å². The van der Waals surface area contributed by atoms with Gasteiger partial charge >= 0.3 is 5.97 Å². The Morgan fingerprint density at radius 1 is 1.25 bits per heavy atom. The Labute approximate surface area is 142 Å². The van der Waals surface area contributed by atoms with Gasteiger partial charge in [0.15, 0.2) is 11.9 Å². The monoisotopic (exact) mass is 334 g/mol. The van der Waals surface area contributed by atoms with Crippen molar-refractivity contribution in [1.29, 1.82) is 0 Å². The molecule has 0 fully saturated rings. The number of carbonyl (C=O) groups is 3. The first-order valence-corrected chi connectivity index (χ1v) is 7.86. The summed E-state index contributed by atoms with van der Waals surface area (Å²) in [7, 11) is 1.31. The van der Waals surface area contributed by atoms with E-state index in [1.165, 1.54) is 7.85 Å². The van der Waals surface area contributed by atoms with Crippen LogP contribution in [0.3, 0.4) is 0 Å². The van der Waals surface area contributed by atoms with Crippen molar-refractivity contribution in [2.45, 2.75) is 38.5 Å². The summed E-state index contributed by atoms with van der Waals surface area (Å²) in [6.07, 6.45) is -0.281. The lowest BCUT2D eigenvalue weighted by Gasteiger charge is -2.22. The zero-order chi connectivity index (χ0) is 17.9. The topological polar surface area (TPSA) is 105 Å². The second-order valence-corrected chi connectivity index (χ2v) is 5.40. The molecule has 0 radical (unpaired) electrons. The van der Waals surface area contributed by atoms with Gasteiger partial charge in [0.05, 0.1) is 6.04 Å². The SMILES string of the molecule is BC(=O)NC(CCC)C(O)C(=O)NCC(=O)OCc1ccccc1. The highest BCUT2D eigenvalue weighted by Gasteiger charge is 2.26. The summed E-state index contributed by atoms with van der Waals surface area (Å²) in [5.74, 6) is -1.66. The van der Waals surface area contributed by atoms with Crippen LogP contribution in [0, 0.1) is 0 Å². The standard InChI is InChI=1S/C16H23BN2O5/c1-2-6-12(19-16(17)23)14(21)15(22)18-9-13(20)24-10-11-7-4-3-5-8-11/h3-5,7-8,12,14,21H,2,6,9-10,17H2,1H3,(H,18,22)(H,19,23). The first kappa shape index (κ1) is 19.7. The highest BCUT2D eigenvalue weighted by Crippen LogP contribution is 2.04. The zero-order valence-electron chi connectivity index (χ0n) is 14.0. The van der Waals surface area contributed by atoms with E-state index in [0.29, 0.717) is 12.8 Å². The molecule has 0 spiro atoms. The molecule has 2 unspecified atom stereocenters. The third kappa shape index (κ3) is 7.28. The minimum atomic E-state index is -1.42. The second-order valence-electron chi connectivity index (χ2n) is 5.40. The summed E-state index contributed by atoms with van der Waals surface area (Å²) in [6, 6.07) is 8.47. The second kappa shape index (κ2) is 10.4. The lowest BCUT2D eigenvalue weighted by Crippen LogP contribution is -2.51. The van der Waals surface area contributed by atoms with Gasteiger partial charge in [-0.05, 0) is 12.0 Å². The summed E-state index contributed by atoms with van der Waals surface area (Å²) in [5.41, 5.74) is 0.839. The number of nitrogens with one attached hydrogen (secondary N) is 2. The van der Waals surface area contributed by atoms with Crippen molar-refractivity contribution < 1.29 is 24.2 Å². The first-order valence-electron chi connectivity index (χ1n) is 7.86. The maximum absolute atomic E-state index is 11.9. The molecule has 24 heavy (non-hydrogen) atoms. The van der Waals surface area contributed by atoms with E-state index in [4.69, 9.17) is 4.74 Å². The van der Waals surface area contributed by atoms with Crippen LogP contribution in [0.25, 0.3) is 0 Å². The van der Waals surface area contributed by atoms with Gasteiger partial charge in [-0.3, -0.25) is 14.4 Å². The molecule has 2 atom stereocenters. The summed E-state index contributed by atoms with van der Waals surface area (Å²) in [6.45, 7) is 1.64. The number of aliphatic hydroxyl groups is 1. The van der Waals surface area contributed by atoms with Crippen LogP contribution in [0.15, 0.2) is 30.3 Å². The lowest BCUT2D eigenvalue weighted by molar-refractivity contribution is -0.146. The normalized spacial score (nSPS) is 12.8. The van der Waals surface area contributed by atoms with Gasteiger partial charge in [0.25, 0.3) is 5.91 Å². The van der Waals surface area contributed by atoms with Crippen molar-refractivity contribution in [3.8, 4) is 0 Å². The van der Waals surface area contributed by atoms with Gasteiger partial charge in [0, 0.05) is 0 Å². The fourth-order valence-corrected chi connectivity index (χ4v) is 2.12. The molecule has 130 valence electrons. The van der Waals surface area contributed by atoms with Crippen LogP contribution in [0.4, 0.5) is 4.79 Å². The summed E-state index contributed by atoms with van der Waals surface area (Å²) in [5, 5.41) is 14.8. The van der Waals surface area contributed by atoms with Gasteiger partial charge in [0.1, 0.15) is 13.2 Å². The molecule has 8 heteroatoms. The Bertz CT molecular complexity index is 553. The van der Waals surface area contributed by atoms with Crippen LogP contribution in [-0.4, -0.2) is 49.3 Å². The van der Waals surface area contributed by atoms with E-state index in [1.807, 2.05) is 37.3 Å². The number of aliphatic hydroxyl groups excluding tert-OH is 1. The van der Waals surface area contributed by atoms with Gasteiger partial charge in [-0.15, -0.1) is 0 Å². The molecule has 0 saturated carbocycles. The maximum Gasteiger partial charge on any atom is 0.325 e. The van der Waals surface area contributed by atoms with Crippen LogP contribution in [0.2, 0.25) is 0 Å². The first-order chi connectivity index (χ1) is 11.4. The number of benzene rings is 1. The molecule has 1 aromatic carbocycles. The van der Waals surface area contributed by atoms with Crippen LogP contribution in [-0.2, 0) is 20.9 Å². The molecule has 0 saturated heterocycles. The van der Waals surface area contributed by atoms with Crippen molar-refractivity contribution in [3.05, 3.63) is 35.9 Å². The highest BCUT2D eigenvalue weighted by atomic mass is 16.5. The number of hydrogen-bond acceptors (Lipinski definition) is 5. The molecule has 1 aromatic rings. The quantitative estimate of drug-likeness (QED) is 0.426. The van der Waals surface area contributed by atoms with E-state index in [1.54, 1.807) is 0 Å². The molecule has 0 aliphatic heterocycles. The Morgan fingerprint density at radius 2 is 1.92 bits per heavy atom. The average Bonchev–Trinajstić information content (AvgIpc) is 2.57. The fourth-order valence-electron chi connectivity index (χ4n) is 2.12.